The van der Waals surface area contributed by atoms with Gasteiger partial charge in [0.2, 0.25) is 0 Å². The van der Waals surface area contributed by atoms with Gasteiger partial charge in [0.25, 0.3) is 0 Å². The zero-order valence-electron chi connectivity index (χ0n) is 12.2. The lowest BCUT2D eigenvalue weighted by Gasteiger charge is -2.12. The highest BCUT2D eigenvalue weighted by molar-refractivity contribution is 5.38. The molecule has 0 spiro atoms. The molecule has 0 heterocycles. The minimum atomic E-state index is 0.571. The summed E-state index contributed by atoms with van der Waals surface area (Å²) < 4.78 is 5.88. The third-order valence-corrected chi connectivity index (χ3v) is 3.23. The molecular weight excluding hydrogens is 234 g/mol. The summed E-state index contributed by atoms with van der Waals surface area (Å²) in [6, 6.07) is 6.19. The molecule has 0 amide bonds. The first-order valence-electron chi connectivity index (χ1n) is 7.37. The van der Waals surface area contributed by atoms with Crippen LogP contribution in [0.3, 0.4) is 0 Å². The van der Waals surface area contributed by atoms with Crippen LogP contribution < -0.4 is 10.5 Å². The largest absolute Gasteiger partial charge is 0.493 e. The van der Waals surface area contributed by atoms with Gasteiger partial charge in [0.15, 0.2) is 0 Å². The van der Waals surface area contributed by atoms with Gasteiger partial charge in [-0.2, -0.15) is 0 Å². The Morgan fingerprint density at radius 1 is 1.21 bits per heavy atom. The van der Waals surface area contributed by atoms with Crippen molar-refractivity contribution < 1.29 is 4.74 Å². The van der Waals surface area contributed by atoms with Crippen molar-refractivity contribution in [2.45, 2.75) is 52.0 Å². The Labute approximate surface area is 117 Å². The molecule has 0 fully saturated rings. The van der Waals surface area contributed by atoms with E-state index in [1.54, 1.807) is 0 Å². The Morgan fingerprint density at radius 2 is 2.00 bits per heavy atom. The molecule has 0 saturated carbocycles. The maximum Gasteiger partial charge on any atom is 0.122 e. The Kier molecular flexibility index (Phi) is 7.99. The summed E-state index contributed by atoms with van der Waals surface area (Å²) in [5.74, 6) is 0.979. The molecule has 1 aromatic carbocycles. The molecule has 1 rings (SSSR count). The first-order chi connectivity index (χ1) is 9.31. The van der Waals surface area contributed by atoms with Gasteiger partial charge in [-0.25, -0.2) is 0 Å². The van der Waals surface area contributed by atoms with Gasteiger partial charge in [0.05, 0.1) is 6.61 Å². The van der Waals surface area contributed by atoms with Gasteiger partial charge in [-0.1, -0.05) is 50.8 Å². The van der Waals surface area contributed by atoms with Crippen molar-refractivity contribution in [1.29, 1.82) is 0 Å². The Balaban J connectivity index is 2.45. The third kappa shape index (κ3) is 5.93. The van der Waals surface area contributed by atoms with Crippen molar-refractivity contribution in [3.63, 3.8) is 0 Å². The minimum Gasteiger partial charge on any atom is -0.493 e. The standard InChI is InChI=1S/C17H27NO/c1-3-5-6-7-8-12-19-17-11-10-15(14-18)13-16(17)9-4-2/h4,10-11,13H,2-3,5-9,12,14,18H2,1H3. The lowest BCUT2D eigenvalue weighted by Crippen LogP contribution is -2.02. The number of rotatable bonds is 10. The predicted octanol–water partition coefficient (Wildman–Crippen LogP) is 4.22. The maximum atomic E-state index is 5.88. The Bertz CT molecular complexity index is 374. The van der Waals surface area contributed by atoms with Crippen molar-refractivity contribution in [1.82, 2.24) is 0 Å². The highest BCUT2D eigenvalue weighted by atomic mass is 16.5. The van der Waals surface area contributed by atoms with E-state index in [2.05, 4.69) is 19.6 Å². The molecular formula is C17H27NO. The summed E-state index contributed by atoms with van der Waals surface area (Å²) in [6.07, 6.45) is 9.05. The number of allylic oxidation sites excluding steroid dienone is 1. The quantitative estimate of drug-likeness (QED) is 0.505. The monoisotopic (exact) mass is 261 g/mol. The van der Waals surface area contributed by atoms with Crippen LogP contribution >= 0.6 is 0 Å². The topological polar surface area (TPSA) is 35.2 Å². The second-order valence-electron chi connectivity index (χ2n) is 4.90. The van der Waals surface area contributed by atoms with Crippen molar-refractivity contribution in [2.24, 2.45) is 5.73 Å². The summed E-state index contributed by atoms with van der Waals surface area (Å²) in [6.45, 7) is 7.40. The molecule has 0 aromatic heterocycles. The second-order valence-corrected chi connectivity index (χ2v) is 4.90. The lowest BCUT2D eigenvalue weighted by molar-refractivity contribution is 0.302. The van der Waals surface area contributed by atoms with Gasteiger partial charge in [-0.15, -0.1) is 6.58 Å². The zero-order valence-corrected chi connectivity index (χ0v) is 12.2. The minimum absolute atomic E-state index is 0.571. The Morgan fingerprint density at radius 3 is 2.68 bits per heavy atom. The van der Waals surface area contributed by atoms with E-state index in [0.717, 1.165) is 30.8 Å². The molecule has 2 nitrogen and oxygen atoms in total. The molecule has 2 heteroatoms. The maximum absolute atomic E-state index is 5.88. The van der Waals surface area contributed by atoms with Crippen LogP contribution in [0.5, 0.6) is 5.75 Å². The first-order valence-corrected chi connectivity index (χ1v) is 7.37. The molecule has 0 bridgehead atoms. The summed E-state index contributed by atoms with van der Waals surface area (Å²) in [4.78, 5) is 0. The summed E-state index contributed by atoms with van der Waals surface area (Å²) in [5.41, 5.74) is 8.00. The van der Waals surface area contributed by atoms with Crippen molar-refractivity contribution >= 4 is 0 Å². The van der Waals surface area contributed by atoms with Crippen molar-refractivity contribution in [3.05, 3.63) is 42.0 Å². The summed E-state index contributed by atoms with van der Waals surface area (Å²) >= 11 is 0. The van der Waals surface area contributed by atoms with Crippen molar-refractivity contribution in [2.75, 3.05) is 6.61 Å². The number of nitrogens with two attached hydrogens (primary N) is 1. The molecule has 1 aromatic rings. The van der Waals surface area contributed by atoms with Gasteiger partial charge in [0, 0.05) is 6.54 Å². The number of hydrogen-bond acceptors (Lipinski definition) is 2. The second kappa shape index (κ2) is 9.62. The van der Waals surface area contributed by atoms with E-state index in [1.165, 1.54) is 31.2 Å². The van der Waals surface area contributed by atoms with Crippen LogP contribution in [0.25, 0.3) is 0 Å². The summed E-state index contributed by atoms with van der Waals surface area (Å²) in [5, 5.41) is 0. The molecule has 0 aliphatic rings. The molecule has 19 heavy (non-hydrogen) atoms. The third-order valence-electron chi connectivity index (χ3n) is 3.23. The average Bonchev–Trinajstić information content (AvgIpc) is 2.44. The van der Waals surface area contributed by atoms with Crippen LogP contribution in [0.1, 0.15) is 50.2 Å². The SMILES string of the molecule is C=CCc1cc(CN)ccc1OCCCCCCC. The van der Waals surface area contributed by atoms with Crippen LogP contribution in [0.2, 0.25) is 0 Å². The van der Waals surface area contributed by atoms with Crippen LogP contribution in [0.4, 0.5) is 0 Å². The van der Waals surface area contributed by atoms with Gasteiger partial charge >= 0.3 is 0 Å². The molecule has 0 saturated heterocycles. The van der Waals surface area contributed by atoms with Gasteiger partial charge in [0.1, 0.15) is 5.75 Å². The molecule has 2 N–H and O–H groups in total. The number of hydrogen-bond donors (Lipinski definition) is 1. The van der Waals surface area contributed by atoms with Gasteiger partial charge in [-0.05, 0) is 30.0 Å². The highest BCUT2D eigenvalue weighted by Gasteiger charge is 2.03. The fourth-order valence-corrected chi connectivity index (χ4v) is 2.10. The zero-order chi connectivity index (χ0) is 13.9. The molecule has 0 aliphatic heterocycles. The van der Waals surface area contributed by atoms with E-state index in [4.69, 9.17) is 10.5 Å². The normalized spacial score (nSPS) is 10.4. The van der Waals surface area contributed by atoms with E-state index in [1.807, 2.05) is 18.2 Å². The van der Waals surface area contributed by atoms with E-state index in [0.29, 0.717) is 6.54 Å². The fraction of sp³-hybridized carbons (Fsp3) is 0.529. The van der Waals surface area contributed by atoms with Crippen LogP contribution in [-0.4, -0.2) is 6.61 Å². The van der Waals surface area contributed by atoms with E-state index < -0.39 is 0 Å². The fourth-order valence-electron chi connectivity index (χ4n) is 2.10. The molecule has 0 unspecified atom stereocenters. The molecule has 106 valence electrons. The average molecular weight is 261 g/mol. The van der Waals surface area contributed by atoms with E-state index >= 15 is 0 Å². The summed E-state index contributed by atoms with van der Waals surface area (Å²) in [7, 11) is 0. The molecule has 0 aliphatic carbocycles. The van der Waals surface area contributed by atoms with Crippen LogP contribution in [0.15, 0.2) is 30.9 Å². The van der Waals surface area contributed by atoms with Gasteiger partial charge in [-0.3, -0.25) is 0 Å². The lowest BCUT2D eigenvalue weighted by atomic mass is 10.1. The van der Waals surface area contributed by atoms with Gasteiger partial charge < -0.3 is 10.5 Å². The first kappa shape index (κ1) is 15.8. The van der Waals surface area contributed by atoms with E-state index in [-0.39, 0.29) is 0 Å². The Hall–Kier alpha value is -1.28. The van der Waals surface area contributed by atoms with Crippen LogP contribution in [0, 0.1) is 0 Å². The number of ether oxygens (including phenoxy) is 1. The number of benzene rings is 1. The molecule has 0 radical (unpaired) electrons. The smallest absolute Gasteiger partial charge is 0.122 e. The van der Waals surface area contributed by atoms with E-state index in [9.17, 15) is 0 Å². The van der Waals surface area contributed by atoms with Crippen molar-refractivity contribution in [3.8, 4) is 5.75 Å². The number of unbranched alkanes of at least 4 members (excludes halogenated alkanes) is 4. The highest BCUT2D eigenvalue weighted by Crippen LogP contribution is 2.21. The predicted molar refractivity (Wildman–Crippen MR) is 82.5 cm³/mol. The van der Waals surface area contributed by atoms with Crippen LogP contribution in [-0.2, 0) is 13.0 Å². The molecule has 0 atom stereocenters.